The molecular weight excluding hydrogens is 362 g/mol. The second-order valence-corrected chi connectivity index (χ2v) is 7.26. The van der Waals surface area contributed by atoms with Crippen molar-refractivity contribution in [2.24, 2.45) is 0 Å². The molecule has 0 saturated carbocycles. The first-order valence-electron chi connectivity index (χ1n) is 9.89. The first kappa shape index (κ1) is 18.9. The molecule has 1 fully saturated rings. The Morgan fingerprint density at radius 1 is 1.00 bits per heavy atom. The second kappa shape index (κ2) is 8.73. The topological polar surface area (TPSA) is 61.4 Å². The van der Waals surface area contributed by atoms with E-state index in [1.807, 2.05) is 18.2 Å². The van der Waals surface area contributed by atoms with E-state index in [4.69, 9.17) is 0 Å². The Morgan fingerprint density at radius 3 is 2.59 bits per heavy atom. The third kappa shape index (κ3) is 4.71. The number of aryl methyl sites for hydroxylation is 1. The predicted molar refractivity (Wildman–Crippen MR) is 115 cm³/mol. The predicted octanol–water partition coefficient (Wildman–Crippen LogP) is 3.04. The van der Waals surface area contributed by atoms with Gasteiger partial charge in [0.2, 0.25) is 0 Å². The summed E-state index contributed by atoms with van der Waals surface area (Å²) in [5.41, 5.74) is 4.14. The molecule has 0 atom stereocenters. The number of carbonyl (C=O) groups is 1. The largest absolute Gasteiger partial charge is 0.368 e. The molecule has 0 aliphatic carbocycles. The lowest BCUT2D eigenvalue weighted by atomic mass is 10.2. The Bertz CT molecular complexity index is 968. The molecule has 1 amide bonds. The number of carbonyl (C=O) groups excluding carboxylic acids is 1. The van der Waals surface area contributed by atoms with Crippen LogP contribution in [0.2, 0.25) is 0 Å². The fourth-order valence-corrected chi connectivity index (χ4v) is 3.54. The molecule has 4 rings (SSSR count). The summed E-state index contributed by atoms with van der Waals surface area (Å²) in [6, 6.07) is 16.0. The highest BCUT2D eigenvalue weighted by atomic mass is 16.1. The molecule has 0 spiro atoms. The van der Waals surface area contributed by atoms with Crippen LogP contribution < -0.4 is 15.1 Å². The zero-order valence-corrected chi connectivity index (χ0v) is 16.6. The Labute approximate surface area is 171 Å². The number of aromatic nitrogens is 2. The zero-order valence-electron chi connectivity index (χ0n) is 16.6. The Hall–Kier alpha value is -3.41. The van der Waals surface area contributed by atoms with E-state index in [0.29, 0.717) is 12.1 Å². The summed E-state index contributed by atoms with van der Waals surface area (Å²) in [6.07, 6.45) is 5.19. The van der Waals surface area contributed by atoms with Gasteiger partial charge in [-0.15, -0.1) is 0 Å². The van der Waals surface area contributed by atoms with Gasteiger partial charge in [-0.3, -0.25) is 9.78 Å². The fourth-order valence-electron chi connectivity index (χ4n) is 3.54. The molecule has 148 valence electrons. The molecule has 0 unspecified atom stereocenters. The molecule has 1 aromatic carbocycles. The summed E-state index contributed by atoms with van der Waals surface area (Å²) in [5, 5.41) is 2.95. The summed E-state index contributed by atoms with van der Waals surface area (Å²) in [5.74, 6) is 0.749. The summed E-state index contributed by atoms with van der Waals surface area (Å²) >= 11 is 0. The Balaban J connectivity index is 1.37. The van der Waals surface area contributed by atoms with E-state index >= 15 is 0 Å². The van der Waals surface area contributed by atoms with Crippen LogP contribution in [0.5, 0.6) is 0 Å². The molecule has 1 saturated heterocycles. The molecule has 2 aromatic heterocycles. The minimum Gasteiger partial charge on any atom is -0.368 e. The van der Waals surface area contributed by atoms with Gasteiger partial charge in [-0.1, -0.05) is 18.2 Å². The number of hydrogen-bond acceptors (Lipinski definition) is 5. The molecule has 0 bridgehead atoms. The summed E-state index contributed by atoms with van der Waals surface area (Å²) in [6.45, 7) is 6.20. The highest BCUT2D eigenvalue weighted by molar-refractivity contribution is 5.94. The first-order valence-corrected chi connectivity index (χ1v) is 9.89. The van der Waals surface area contributed by atoms with Crippen LogP contribution in [0, 0.1) is 6.92 Å². The number of nitrogens with zero attached hydrogens (tertiary/aromatic N) is 4. The lowest BCUT2D eigenvalue weighted by Crippen LogP contribution is -2.46. The van der Waals surface area contributed by atoms with Gasteiger partial charge in [-0.25, -0.2) is 4.98 Å². The maximum atomic E-state index is 12.5. The summed E-state index contributed by atoms with van der Waals surface area (Å²) in [7, 11) is 0. The first-order chi connectivity index (χ1) is 14.2. The van der Waals surface area contributed by atoms with Crippen LogP contribution in [0.3, 0.4) is 0 Å². The monoisotopic (exact) mass is 387 g/mol. The summed E-state index contributed by atoms with van der Waals surface area (Å²) in [4.78, 5) is 25.7. The molecule has 0 radical (unpaired) electrons. The van der Waals surface area contributed by atoms with Crippen LogP contribution in [0.15, 0.2) is 67.1 Å². The molecule has 3 aromatic rings. The van der Waals surface area contributed by atoms with Crippen molar-refractivity contribution < 1.29 is 4.79 Å². The van der Waals surface area contributed by atoms with Crippen LogP contribution in [-0.2, 0) is 6.54 Å². The van der Waals surface area contributed by atoms with Crippen molar-refractivity contribution in [1.82, 2.24) is 15.3 Å². The quantitative estimate of drug-likeness (QED) is 0.729. The molecule has 1 N–H and O–H groups in total. The van der Waals surface area contributed by atoms with Crippen molar-refractivity contribution in [3.05, 3.63) is 83.8 Å². The average Bonchev–Trinajstić information content (AvgIpc) is 2.78. The highest BCUT2D eigenvalue weighted by Gasteiger charge is 2.19. The third-order valence-electron chi connectivity index (χ3n) is 5.15. The standard InChI is InChI=1S/C23H25N5O/c1-18-4-2-6-21(14-18)27-10-12-28(13-11-27)22-15-20(7-9-25-22)23(29)26-17-19-5-3-8-24-16-19/h2-9,14-16H,10-13,17H2,1H3,(H,26,29). The number of piperazine rings is 1. The van der Waals surface area contributed by atoms with Gasteiger partial charge in [0.15, 0.2) is 0 Å². The van der Waals surface area contributed by atoms with Crippen molar-refractivity contribution in [3.63, 3.8) is 0 Å². The van der Waals surface area contributed by atoms with Gasteiger partial charge in [0.25, 0.3) is 5.91 Å². The van der Waals surface area contributed by atoms with Gasteiger partial charge in [0, 0.05) is 62.6 Å². The van der Waals surface area contributed by atoms with Crippen molar-refractivity contribution in [1.29, 1.82) is 0 Å². The molecule has 3 heterocycles. The van der Waals surface area contributed by atoms with E-state index in [9.17, 15) is 4.79 Å². The lowest BCUT2D eigenvalue weighted by molar-refractivity contribution is 0.0951. The SMILES string of the molecule is Cc1cccc(N2CCN(c3cc(C(=O)NCc4cccnc4)ccn3)CC2)c1. The van der Waals surface area contributed by atoms with Gasteiger partial charge < -0.3 is 15.1 Å². The van der Waals surface area contributed by atoms with Crippen LogP contribution in [0.25, 0.3) is 0 Å². The number of anilines is 2. The van der Waals surface area contributed by atoms with Crippen molar-refractivity contribution in [3.8, 4) is 0 Å². The van der Waals surface area contributed by atoms with Gasteiger partial charge in [-0.05, 0) is 48.4 Å². The molecule has 6 nitrogen and oxygen atoms in total. The third-order valence-corrected chi connectivity index (χ3v) is 5.15. The van der Waals surface area contributed by atoms with Crippen molar-refractivity contribution >= 4 is 17.4 Å². The lowest BCUT2D eigenvalue weighted by Gasteiger charge is -2.37. The average molecular weight is 387 g/mol. The van der Waals surface area contributed by atoms with Crippen molar-refractivity contribution in [2.75, 3.05) is 36.0 Å². The summed E-state index contributed by atoms with van der Waals surface area (Å²) < 4.78 is 0. The minimum absolute atomic E-state index is 0.101. The van der Waals surface area contributed by atoms with E-state index in [-0.39, 0.29) is 5.91 Å². The number of rotatable bonds is 5. The maximum absolute atomic E-state index is 12.5. The second-order valence-electron chi connectivity index (χ2n) is 7.26. The Kier molecular flexibility index (Phi) is 5.70. The molecule has 1 aliphatic heterocycles. The number of hydrogen-bond donors (Lipinski definition) is 1. The molecule has 1 aliphatic rings. The van der Waals surface area contributed by atoms with Crippen LogP contribution in [0.4, 0.5) is 11.5 Å². The molecular formula is C23H25N5O. The van der Waals surface area contributed by atoms with Crippen LogP contribution in [0.1, 0.15) is 21.5 Å². The van der Waals surface area contributed by atoms with E-state index in [2.05, 4.69) is 56.3 Å². The van der Waals surface area contributed by atoms with Gasteiger partial charge in [0.05, 0.1) is 0 Å². The van der Waals surface area contributed by atoms with Crippen LogP contribution >= 0.6 is 0 Å². The number of nitrogens with one attached hydrogen (secondary N) is 1. The Morgan fingerprint density at radius 2 is 1.83 bits per heavy atom. The van der Waals surface area contributed by atoms with E-state index in [1.54, 1.807) is 24.7 Å². The van der Waals surface area contributed by atoms with E-state index in [0.717, 1.165) is 37.6 Å². The fraction of sp³-hybridized carbons (Fsp3) is 0.261. The van der Waals surface area contributed by atoms with E-state index in [1.165, 1.54) is 11.3 Å². The maximum Gasteiger partial charge on any atom is 0.251 e. The normalized spacial score (nSPS) is 14.0. The molecule has 29 heavy (non-hydrogen) atoms. The number of benzene rings is 1. The van der Waals surface area contributed by atoms with Crippen molar-refractivity contribution in [2.45, 2.75) is 13.5 Å². The number of pyridine rings is 2. The van der Waals surface area contributed by atoms with Gasteiger partial charge in [0.1, 0.15) is 5.82 Å². The van der Waals surface area contributed by atoms with Gasteiger partial charge >= 0.3 is 0 Å². The highest BCUT2D eigenvalue weighted by Crippen LogP contribution is 2.20. The smallest absolute Gasteiger partial charge is 0.251 e. The van der Waals surface area contributed by atoms with Gasteiger partial charge in [-0.2, -0.15) is 0 Å². The van der Waals surface area contributed by atoms with E-state index < -0.39 is 0 Å². The zero-order chi connectivity index (χ0) is 20.1. The van der Waals surface area contributed by atoms with Crippen LogP contribution in [-0.4, -0.2) is 42.1 Å². The number of amides is 1. The minimum atomic E-state index is -0.101. The molecule has 6 heteroatoms.